The number of fused-ring (bicyclic) bond motifs is 1. The van der Waals surface area contributed by atoms with Crippen LogP contribution >= 0.6 is 11.8 Å². The van der Waals surface area contributed by atoms with Gasteiger partial charge in [-0.05, 0) is 42.5 Å². The van der Waals surface area contributed by atoms with Crippen molar-refractivity contribution in [2.24, 2.45) is 0 Å². The summed E-state index contributed by atoms with van der Waals surface area (Å²) >= 11 is 1.34. The lowest BCUT2D eigenvalue weighted by molar-refractivity contribution is -0.136. The average molecular weight is 477 g/mol. The summed E-state index contributed by atoms with van der Waals surface area (Å²) in [6.07, 6.45) is -4.82. The third-order valence-corrected chi connectivity index (χ3v) is 6.98. The lowest BCUT2D eigenvalue weighted by Gasteiger charge is -2.14. The molecule has 5 nitrogen and oxygen atoms in total. The zero-order chi connectivity index (χ0) is 22.9. The molecule has 4 rings (SSSR count). The van der Waals surface area contributed by atoms with Gasteiger partial charge >= 0.3 is 6.18 Å². The summed E-state index contributed by atoms with van der Waals surface area (Å²) in [7, 11) is -4.21. The summed E-state index contributed by atoms with van der Waals surface area (Å²) in [6.45, 7) is 0. The predicted octanol–water partition coefficient (Wildman–Crippen LogP) is 5.50. The van der Waals surface area contributed by atoms with Crippen molar-refractivity contribution in [3.05, 3.63) is 94.8 Å². The topological polar surface area (TPSA) is 79.0 Å². The Bertz CT molecular complexity index is 1450. The van der Waals surface area contributed by atoms with Crippen molar-refractivity contribution < 1.29 is 21.6 Å². The molecular formula is C22H15F3N2O3S2. The standard InChI is InChI=1S/C22H15F3N2O3S2/c23-22(24,25)17-13-21(28)26-18-11-10-15(12-16(17)18)32(29,30)27-19-8-4-5-9-20(19)31-14-6-2-1-3-7-14/h1-13,27H,(H,26,28). The van der Waals surface area contributed by atoms with E-state index >= 15 is 0 Å². The van der Waals surface area contributed by atoms with Gasteiger partial charge in [-0.3, -0.25) is 9.52 Å². The molecule has 0 aliphatic carbocycles. The van der Waals surface area contributed by atoms with E-state index in [1.807, 2.05) is 30.3 Å². The molecule has 1 heterocycles. The number of halogens is 3. The first-order valence-corrected chi connectivity index (χ1v) is 11.5. The number of rotatable bonds is 5. The van der Waals surface area contributed by atoms with Gasteiger partial charge in [0.1, 0.15) is 0 Å². The highest BCUT2D eigenvalue weighted by molar-refractivity contribution is 7.99. The van der Waals surface area contributed by atoms with Gasteiger partial charge in [0.05, 0.1) is 16.1 Å². The molecule has 0 saturated carbocycles. The SMILES string of the molecule is O=c1cc(C(F)(F)F)c2cc(S(=O)(=O)Nc3ccccc3Sc3ccccc3)ccc2[nH]1. The number of para-hydroxylation sites is 1. The average Bonchev–Trinajstić information content (AvgIpc) is 2.74. The van der Waals surface area contributed by atoms with Crippen LogP contribution in [-0.2, 0) is 16.2 Å². The van der Waals surface area contributed by atoms with Crippen molar-refractivity contribution in [3.8, 4) is 0 Å². The molecule has 0 saturated heterocycles. The Morgan fingerprint density at radius 1 is 0.875 bits per heavy atom. The summed E-state index contributed by atoms with van der Waals surface area (Å²) in [6, 6.07) is 19.6. The van der Waals surface area contributed by atoms with E-state index in [4.69, 9.17) is 0 Å². The first-order chi connectivity index (χ1) is 15.1. The van der Waals surface area contributed by atoms with E-state index in [2.05, 4.69) is 9.71 Å². The lowest BCUT2D eigenvalue weighted by atomic mass is 10.1. The van der Waals surface area contributed by atoms with Crippen molar-refractivity contribution in [3.63, 3.8) is 0 Å². The second-order valence-corrected chi connectivity index (χ2v) is 9.57. The molecule has 32 heavy (non-hydrogen) atoms. The highest BCUT2D eigenvalue weighted by atomic mass is 32.2. The molecule has 2 N–H and O–H groups in total. The Morgan fingerprint density at radius 2 is 1.56 bits per heavy atom. The largest absolute Gasteiger partial charge is 0.417 e. The molecule has 0 atom stereocenters. The Kier molecular flexibility index (Phi) is 5.74. The predicted molar refractivity (Wildman–Crippen MR) is 117 cm³/mol. The van der Waals surface area contributed by atoms with Crippen LogP contribution in [0.5, 0.6) is 0 Å². The summed E-state index contributed by atoms with van der Waals surface area (Å²) in [4.78, 5) is 15.0. The number of nitrogens with one attached hydrogen (secondary N) is 2. The summed E-state index contributed by atoms with van der Waals surface area (Å²) < 4.78 is 68.7. The molecule has 1 aromatic heterocycles. The van der Waals surface area contributed by atoms with Gasteiger partial charge in [-0.15, -0.1) is 0 Å². The van der Waals surface area contributed by atoms with Gasteiger partial charge in [0.15, 0.2) is 0 Å². The zero-order valence-electron chi connectivity index (χ0n) is 16.2. The third-order valence-electron chi connectivity index (χ3n) is 4.53. The normalized spacial score (nSPS) is 12.1. The molecule has 0 radical (unpaired) electrons. The third kappa shape index (κ3) is 4.66. The number of aromatic amines is 1. The lowest BCUT2D eigenvalue weighted by Crippen LogP contribution is -2.16. The van der Waals surface area contributed by atoms with Crippen molar-refractivity contribution in [1.82, 2.24) is 4.98 Å². The second kappa shape index (κ2) is 8.36. The first-order valence-electron chi connectivity index (χ1n) is 9.22. The van der Waals surface area contributed by atoms with Crippen LogP contribution in [0.3, 0.4) is 0 Å². The van der Waals surface area contributed by atoms with Crippen molar-refractivity contribution in [2.45, 2.75) is 20.9 Å². The maximum Gasteiger partial charge on any atom is 0.417 e. The smallest absolute Gasteiger partial charge is 0.322 e. The number of H-pyrrole nitrogens is 1. The Morgan fingerprint density at radius 3 is 2.28 bits per heavy atom. The maximum absolute atomic E-state index is 13.4. The van der Waals surface area contributed by atoms with Crippen LogP contribution in [0.1, 0.15) is 5.56 Å². The molecule has 0 spiro atoms. The molecule has 0 aliphatic rings. The summed E-state index contributed by atoms with van der Waals surface area (Å²) in [5.41, 5.74) is -1.94. The van der Waals surface area contributed by atoms with E-state index in [1.54, 1.807) is 24.3 Å². The maximum atomic E-state index is 13.4. The minimum Gasteiger partial charge on any atom is -0.322 e. The molecule has 0 aliphatic heterocycles. The number of benzene rings is 3. The van der Waals surface area contributed by atoms with E-state index in [0.717, 1.165) is 23.1 Å². The molecular weight excluding hydrogens is 461 g/mol. The van der Waals surface area contributed by atoms with Crippen LogP contribution in [0.15, 0.2) is 98.3 Å². The Labute approximate surface area is 185 Å². The molecule has 4 aromatic rings. The van der Waals surface area contributed by atoms with Gasteiger partial charge in [0.2, 0.25) is 5.56 Å². The number of hydrogen-bond acceptors (Lipinski definition) is 4. The van der Waals surface area contributed by atoms with Gasteiger partial charge in [0.25, 0.3) is 10.0 Å². The minimum absolute atomic E-state index is 0.108. The molecule has 10 heteroatoms. The van der Waals surface area contributed by atoms with Gasteiger partial charge in [-0.25, -0.2) is 8.42 Å². The number of aromatic nitrogens is 1. The number of anilines is 1. The monoisotopic (exact) mass is 476 g/mol. The fraction of sp³-hybridized carbons (Fsp3) is 0.0455. The quantitative estimate of drug-likeness (QED) is 0.399. The first kappa shape index (κ1) is 22.0. The van der Waals surface area contributed by atoms with Crippen LogP contribution < -0.4 is 10.3 Å². The van der Waals surface area contributed by atoms with Crippen LogP contribution in [0, 0.1) is 0 Å². The molecule has 3 aromatic carbocycles. The fourth-order valence-electron chi connectivity index (χ4n) is 3.09. The van der Waals surface area contributed by atoms with Crippen molar-refractivity contribution in [1.29, 1.82) is 0 Å². The number of hydrogen-bond donors (Lipinski definition) is 2. The molecule has 0 amide bonds. The van der Waals surface area contributed by atoms with Gasteiger partial charge in [0, 0.05) is 26.8 Å². The van der Waals surface area contributed by atoms with Gasteiger partial charge in [-0.2, -0.15) is 13.2 Å². The number of alkyl halides is 3. The van der Waals surface area contributed by atoms with Gasteiger partial charge in [-0.1, -0.05) is 42.1 Å². The van der Waals surface area contributed by atoms with Crippen LogP contribution in [0.2, 0.25) is 0 Å². The number of sulfonamides is 1. The summed E-state index contributed by atoms with van der Waals surface area (Å²) in [5.74, 6) is 0. The molecule has 164 valence electrons. The van der Waals surface area contributed by atoms with E-state index in [1.165, 1.54) is 11.8 Å². The van der Waals surface area contributed by atoms with E-state index in [-0.39, 0.29) is 10.4 Å². The van der Waals surface area contributed by atoms with E-state index < -0.39 is 32.7 Å². The van der Waals surface area contributed by atoms with Crippen molar-refractivity contribution in [2.75, 3.05) is 4.72 Å². The zero-order valence-corrected chi connectivity index (χ0v) is 17.8. The van der Waals surface area contributed by atoms with Crippen LogP contribution in [0.25, 0.3) is 10.9 Å². The second-order valence-electron chi connectivity index (χ2n) is 6.77. The highest BCUT2D eigenvalue weighted by Gasteiger charge is 2.33. The molecule has 0 unspecified atom stereocenters. The van der Waals surface area contributed by atoms with Crippen LogP contribution in [0.4, 0.5) is 18.9 Å². The molecule has 0 fully saturated rings. The Hall–Kier alpha value is -3.24. The van der Waals surface area contributed by atoms with Gasteiger partial charge < -0.3 is 4.98 Å². The van der Waals surface area contributed by atoms with E-state index in [9.17, 15) is 26.4 Å². The number of pyridine rings is 1. The van der Waals surface area contributed by atoms with Crippen molar-refractivity contribution >= 4 is 38.4 Å². The van der Waals surface area contributed by atoms with E-state index in [0.29, 0.717) is 16.6 Å². The summed E-state index contributed by atoms with van der Waals surface area (Å²) in [5, 5.41) is -0.410. The minimum atomic E-state index is -4.82. The molecule has 0 bridgehead atoms. The highest BCUT2D eigenvalue weighted by Crippen LogP contribution is 2.36. The fourth-order valence-corrected chi connectivity index (χ4v) is 5.19. The Balaban J connectivity index is 1.74. The van der Waals surface area contributed by atoms with Crippen LogP contribution in [-0.4, -0.2) is 13.4 Å².